The molecule has 2 heterocycles. The van der Waals surface area contributed by atoms with Gasteiger partial charge in [0.2, 0.25) is 0 Å². The van der Waals surface area contributed by atoms with Crippen LogP contribution < -0.4 is 0 Å². The average Bonchev–Trinajstić information content (AvgIpc) is 3.07. The Morgan fingerprint density at radius 1 is 1.16 bits per heavy atom. The maximum Gasteiger partial charge on any atom is 0.0917 e. The van der Waals surface area contributed by atoms with Gasteiger partial charge in [0.05, 0.1) is 6.10 Å². The number of benzene rings is 2. The molecule has 1 fully saturated rings. The molecule has 4 heteroatoms. The lowest BCUT2D eigenvalue weighted by Crippen LogP contribution is -2.37. The van der Waals surface area contributed by atoms with Crippen LogP contribution in [0.4, 0.5) is 0 Å². The van der Waals surface area contributed by atoms with Crippen molar-refractivity contribution in [1.82, 2.24) is 14.7 Å². The summed E-state index contributed by atoms with van der Waals surface area (Å²) >= 11 is 0. The van der Waals surface area contributed by atoms with Gasteiger partial charge >= 0.3 is 0 Å². The highest BCUT2D eigenvalue weighted by molar-refractivity contribution is 5.83. The number of aryl methyl sites for hydroxylation is 1. The van der Waals surface area contributed by atoms with Crippen LogP contribution in [0.25, 0.3) is 10.8 Å². The molecule has 1 aliphatic heterocycles. The molecule has 0 spiro atoms. The maximum atomic E-state index is 10.7. The predicted octanol–water partition coefficient (Wildman–Crippen LogP) is 3.49. The first-order chi connectivity index (χ1) is 12.2. The minimum atomic E-state index is -0.449. The van der Waals surface area contributed by atoms with Crippen LogP contribution >= 0.6 is 0 Å². The molecule has 1 aliphatic rings. The SMILES string of the molecule is Cn1nccc1[C@H]1CCCN(C[C@H](O)c2ccc3ccccc3c2)C1. The molecule has 0 radical (unpaired) electrons. The van der Waals surface area contributed by atoms with Crippen LogP contribution in [-0.2, 0) is 7.05 Å². The van der Waals surface area contributed by atoms with Crippen LogP contribution in [0.15, 0.2) is 54.7 Å². The molecule has 25 heavy (non-hydrogen) atoms. The summed E-state index contributed by atoms with van der Waals surface area (Å²) in [4.78, 5) is 2.39. The molecule has 2 atom stereocenters. The maximum absolute atomic E-state index is 10.7. The fourth-order valence-electron chi connectivity index (χ4n) is 4.01. The summed E-state index contributed by atoms with van der Waals surface area (Å²) in [6, 6.07) is 16.7. The van der Waals surface area contributed by atoms with Gasteiger partial charge in [-0.05, 0) is 47.9 Å². The zero-order valence-corrected chi connectivity index (χ0v) is 14.7. The van der Waals surface area contributed by atoms with E-state index in [1.54, 1.807) is 0 Å². The van der Waals surface area contributed by atoms with Gasteiger partial charge in [-0.15, -0.1) is 0 Å². The smallest absolute Gasteiger partial charge is 0.0917 e. The number of likely N-dealkylation sites (tertiary alicyclic amines) is 1. The number of nitrogens with zero attached hydrogens (tertiary/aromatic N) is 3. The van der Waals surface area contributed by atoms with Gasteiger partial charge in [0.1, 0.15) is 0 Å². The van der Waals surface area contributed by atoms with Gasteiger partial charge in [-0.1, -0.05) is 36.4 Å². The Morgan fingerprint density at radius 2 is 2.00 bits per heavy atom. The van der Waals surface area contributed by atoms with Crippen molar-refractivity contribution < 1.29 is 5.11 Å². The molecule has 2 aromatic carbocycles. The lowest BCUT2D eigenvalue weighted by Gasteiger charge is -2.34. The monoisotopic (exact) mass is 335 g/mol. The van der Waals surface area contributed by atoms with Gasteiger partial charge in [-0.2, -0.15) is 5.10 Å². The molecule has 3 aromatic rings. The van der Waals surface area contributed by atoms with Crippen molar-refractivity contribution in [3.05, 3.63) is 66.0 Å². The summed E-state index contributed by atoms with van der Waals surface area (Å²) in [6.45, 7) is 2.73. The third-order valence-electron chi connectivity index (χ3n) is 5.37. The van der Waals surface area contributed by atoms with Gasteiger partial charge < -0.3 is 5.11 Å². The minimum Gasteiger partial charge on any atom is -0.387 e. The van der Waals surface area contributed by atoms with Crippen LogP contribution in [0.2, 0.25) is 0 Å². The molecule has 0 saturated carbocycles. The third-order valence-corrected chi connectivity index (χ3v) is 5.37. The van der Waals surface area contributed by atoms with E-state index in [0.717, 1.165) is 18.7 Å². The quantitative estimate of drug-likeness (QED) is 0.793. The number of aliphatic hydroxyl groups excluding tert-OH is 1. The normalized spacial score (nSPS) is 20.0. The number of hydrogen-bond donors (Lipinski definition) is 1. The number of fused-ring (bicyclic) bond motifs is 1. The first-order valence-corrected chi connectivity index (χ1v) is 9.08. The van der Waals surface area contributed by atoms with E-state index in [0.29, 0.717) is 12.5 Å². The second-order valence-electron chi connectivity index (χ2n) is 7.10. The average molecular weight is 335 g/mol. The zero-order valence-electron chi connectivity index (χ0n) is 14.7. The van der Waals surface area contributed by atoms with E-state index in [1.165, 1.54) is 29.3 Å². The highest BCUT2D eigenvalue weighted by atomic mass is 16.3. The van der Waals surface area contributed by atoms with Crippen LogP contribution in [0, 0.1) is 0 Å². The topological polar surface area (TPSA) is 41.3 Å². The van der Waals surface area contributed by atoms with Gasteiger partial charge in [0.15, 0.2) is 0 Å². The number of aliphatic hydroxyl groups is 1. The Hall–Kier alpha value is -2.17. The van der Waals surface area contributed by atoms with Gasteiger partial charge in [-0.25, -0.2) is 0 Å². The van der Waals surface area contributed by atoms with Crippen LogP contribution in [0.3, 0.4) is 0 Å². The second-order valence-corrected chi connectivity index (χ2v) is 7.10. The molecule has 4 nitrogen and oxygen atoms in total. The number of aromatic nitrogens is 2. The largest absolute Gasteiger partial charge is 0.387 e. The first kappa shape index (κ1) is 16.3. The minimum absolute atomic E-state index is 0.449. The van der Waals surface area contributed by atoms with E-state index in [1.807, 2.05) is 30.1 Å². The summed E-state index contributed by atoms with van der Waals surface area (Å²) in [5, 5.41) is 17.4. The van der Waals surface area contributed by atoms with E-state index in [4.69, 9.17) is 0 Å². The fraction of sp³-hybridized carbons (Fsp3) is 0.381. The Morgan fingerprint density at radius 3 is 2.80 bits per heavy atom. The van der Waals surface area contributed by atoms with Crippen molar-refractivity contribution in [2.24, 2.45) is 7.05 Å². The van der Waals surface area contributed by atoms with E-state index in [2.05, 4.69) is 46.4 Å². The molecule has 1 aromatic heterocycles. The standard InChI is InChI=1S/C21H25N3O/c1-23-20(10-11-22-23)19-7-4-12-24(14-19)15-21(25)18-9-8-16-5-2-3-6-17(16)13-18/h2-3,5-6,8-11,13,19,21,25H,4,7,12,14-15H2,1H3/t19-,21-/m0/s1. The fourth-order valence-corrected chi connectivity index (χ4v) is 4.01. The number of β-amino-alcohol motifs (C(OH)–C–C–N with tert-alkyl or cyclic N) is 1. The molecule has 0 unspecified atom stereocenters. The van der Waals surface area contributed by atoms with Crippen LogP contribution in [0.5, 0.6) is 0 Å². The van der Waals surface area contributed by atoms with Crippen molar-refractivity contribution in [2.75, 3.05) is 19.6 Å². The summed E-state index contributed by atoms with van der Waals surface area (Å²) in [5.74, 6) is 0.505. The van der Waals surface area contributed by atoms with Gasteiger partial charge in [0.25, 0.3) is 0 Å². The Kier molecular flexibility index (Phi) is 4.55. The summed E-state index contributed by atoms with van der Waals surface area (Å²) in [6.07, 6.45) is 3.79. The van der Waals surface area contributed by atoms with E-state index in [-0.39, 0.29) is 0 Å². The van der Waals surface area contributed by atoms with Crippen LogP contribution in [-0.4, -0.2) is 39.4 Å². The Labute approximate surface area is 148 Å². The van der Waals surface area contributed by atoms with Gasteiger partial charge in [0, 0.05) is 37.9 Å². The summed E-state index contributed by atoms with van der Waals surface area (Å²) in [5.41, 5.74) is 2.30. The zero-order chi connectivity index (χ0) is 17.2. The van der Waals surface area contributed by atoms with Crippen molar-refractivity contribution in [3.63, 3.8) is 0 Å². The highest BCUT2D eigenvalue weighted by Crippen LogP contribution is 2.28. The molecule has 130 valence electrons. The van der Waals surface area contributed by atoms with Crippen molar-refractivity contribution in [1.29, 1.82) is 0 Å². The predicted molar refractivity (Wildman–Crippen MR) is 101 cm³/mol. The van der Waals surface area contributed by atoms with Crippen LogP contribution in [0.1, 0.15) is 36.1 Å². The molecule has 1 N–H and O–H groups in total. The third kappa shape index (κ3) is 3.46. The Bertz CT molecular complexity index is 857. The molecule has 0 aliphatic carbocycles. The number of rotatable bonds is 4. The number of hydrogen-bond acceptors (Lipinski definition) is 3. The molecule has 0 bridgehead atoms. The van der Waals surface area contributed by atoms with E-state index in [9.17, 15) is 5.11 Å². The van der Waals surface area contributed by atoms with E-state index < -0.39 is 6.10 Å². The first-order valence-electron chi connectivity index (χ1n) is 9.08. The van der Waals surface area contributed by atoms with Gasteiger partial charge in [-0.3, -0.25) is 9.58 Å². The Balaban J connectivity index is 1.46. The molecular formula is C21H25N3O. The van der Waals surface area contributed by atoms with Crippen molar-refractivity contribution in [3.8, 4) is 0 Å². The van der Waals surface area contributed by atoms with Crippen molar-refractivity contribution in [2.45, 2.75) is 24.9 Å². The lowest BCUT2D eigenvalue weighted by atomic mass is 9.94. The number of piperidine rings is 1. The van der Waals surface area contributed by atoms with Crippen molar-refractivity contribution >= 4 is 10.8 Å². The second kappa shape index (κ2) is 6.98. The molecule has 4 rings (SSSR count). The molecule has 0 amide bonds. The molecular weight excluding hydrogens is 310 g/mol. The summed E-state index contributed by atoms with van der Waals surface area (Å²) < 4.78 is 1.98. The summed E-state index contributed by atoms with van der Waals surface area (Å²) in [7, 11) is 2.01. The molecule has 1 saturated heterocycles. The highest BCUT2D eigenvalue weighted by Gasteiger charge is 2.25. The lowest BCUT2D eigenvalue weighted by molar-refractivity contribution is 0.0947. The van der Waals surface area contributed by atoms with E-state index >= 15 is 0 Å².